The van der Waals surface area contributed by atoms with E-state index >= 15 is 0 Å². The smallest absolute Gasteiger partial charge is 0.307 e. The van der Waals surface area contributed by atoms with E-state index in [2.05, 4.69) is 0 Å². The quantitative estimate of drug-likeness (QED) is 0.834. The fourth-order valence-electron chi connectivity index (χ4n) is 3.22. The zero-order valence-electron chi connectivity index (χ0n) is 13.6. The highest BCUT2D eigenvalue weighted by Crippen LogP contribution is 2.44. The molecule has 0 radical (unpaired) electrons. The Balaban J connectivity index is 2.06. The molecule has 8 heteroatoms. The fourth-order valence-corrected chi connectivity index (χ4v) is 4.11. The monoisotopic (exact) mass is 381 g/mol. The Morgan fingerprint density at radius 2 is 2.20 bits per heavy atom. The minimum absolute atomic E-state index is 0.0500. The van der Waals surface area contributed by atoms with Crippen LogP contribution < -0.4 is 0 Å². The predicted molar refractivity (Wildman–Crippen MR) is 93.5 cm³/mol. The highest BCUT2D eigenvalue weighted by Gasteiger charge is 2.41. The standard InChI is InChI=1S/C17H16ClNO5S/c1-8-10(5-15(20)21)11-4-14(24-2)12(18)6-13(11)19(8)17(23)9-3-16(22)25-7-9/h3-4,7,13,22H,5-6H2,1-2H3,(H,20,21). The third-order valence-corrected chi connectivity index (χ3v) is 5.41. The van der Waals surface area contributed by atoms with Gasteiger partial charge >= 0.3 is 5.97 Å². The number of carboxylic acid groups (broad SMARTS) is 1. The molecule has 0 fully saturated rings. The number of thiophene rings is 1. The highest BCUT2D eigenvalue weighted by atomic mass is 35.5. The van der Waals surface area contributed by atoms with Gasteiger partial charge in [0.25, 0.3) is 5.91 Å². The number of methoxy groups -OCH3 is 1. The predicted octanol–water partition coefficient (Wildman–Crippen LogP) is 3.45. The first-order chi connectivity index (χ1) is 11.8. The van der Waals surface area contributed by atoms with Gasteiger partial charge in [0.1, 0.15) is 5.76 Å². The van der Waals surface area contributed by atoms with Crippen LogP contribution in [0.25, 0.3) is 0 Å². The molecule has 1 aromatic heterocycles. The molecule has 132 valence electrons. The van der Waals surface area contributed by atoms with Crippen molar-refractivity contribution in [3.63, 3.8) is 0 Å². The number of ether oxygens (including phenoxy) is 1. The summed E-state index contributed by atoms with van der Waals surface area (Å²) < 4.78 is 5.25. The van der Waals surface area contributed by atoms with Crippen molar-refractivity contribution >= 4 is 34.8 Å². The first-order valence-electron chi connectivity index (χ1n) is 7.50. The van der Waals surface area contributed by atoms with Crippen molar-refractivity contribution in [2.45, 2.75) is 25.8 Å². The van der Waals surface area contributed by atoms with Crippen LogP contribution in [0.5, 0.6) is 5.06 Å². The van der Waals surface area contributed by atoms with Gasteiger partial charge in [-0.1, -0.05) is 11.6 Å². The molecule has 25 heavy (non-hydrogen) atoms. The second-order valence-corrected chi connectivity index (χ2v) is 7.12. The number of halogens is 1. The molecule has 0 saturated carbocycles. The average Bonchev–Trinajstić information content (AvgIpc) is 3.08. The van der Waals surface area contributed by atoms with E-state index in [1.807, 2.05) is 0 Å². The maximum atomic E-state index is 12.9. The van der Waals surface area contributed by atoms with E-state index in [-0.39, 0.29) is 23.4 Å². The molecule has 0 spiro atoms. The minimum Gasteiger partial charge on any atom is -0.499 e. The third kappa shape index (κ3) is 3.05. The molecule has 1 aromatic rings. The first kappa shape index (κ1) is 17.6. The Morgan fingerprint density at radius 1 is 1.48 bits per heavy atom. The lowest BCUT2D eigenvalue weighted by Gasteiger charge is -2.29. The lowest BCUT2D eigenvalue weighted by atomic mass is 9.92. The number of carbonyl (C=O) groups excluding carboxylic acids is 1. The summed E-state index contributed by atoms with van der Waals surface area (Å²) in [6, 6.07) is 1.02. The van der Waals surface area contributed by atoms with Crippen LogP contribution in [0.1, 0.15) is 30.1 Å². The number of aromatic hydroxyl groups is 1. The third-order valence-electron chi connectivity index (χ3n) is 4.34. The van der Waals surface area contributed by atoms with Crippen LogP contribution in [0.3, 0.4) is 0 Å². The Kier molecular flexibility index (Phi) is 4.62. The summed E-state index contributed by atoms with van der Waals surface area (Å²) in [4.78, 5) is 25.8. The van der Waals surface area contributed by atoms with Gasteiger partial charge in [-0.25, -0.2) is 0 Å². The topological polar surface area (TPSA) is 87.1 Å². The van der Waals surface area contributed by atoms with E-state index in [0.29, 0.717) is 34.0 Å². The van der Waals surface area contributed by atoms with Crippen molar-refractivity contribution in [1.29, 1.82) is 0 Å². The number of hydrogen-bond donors (Lipinski definition) is 2. The van der Waals surface area contributed by atoms with Crippen molar-refractivity contribution in [1.82, 2.24) is 4.90 Å². The van der Waals surface area contributed by atoms with Crippen LogP contribution in [0, 0.1) is 0 Å². The van der Waals surface area contributed by atoms with Crippen LogP contribution in [0.2, 0.25) is 0 Å². The summed E-state index contributed by atoms with van der Waals surface area (Å²) >= 11 is 7.34. The molecule has 2 aliphatic rings. The number of aliphatic carboxylic acids is 1. The van der Waals surface area contributed by atoms with Gasteiger partial charge in [-0.3, -0.25) is 9.59 Å². The van der Waals surface area contributed by atoms with Gasteiger partial charge < -0.3 is 19.8 Å². The number of allylic oxidation sites excluding steroid dienone is 2. The van der Waals surface area contributed by atoms with Crippen molar-refractivity contribution in [2.75, 3.05) is 7.11 Å². The molecule has 2 heterocycles. The molecule has 1 aliphatic heterocycles. The summed E-state index contributed by atoms with van der Waals surface area (Å²) in [5.41, 5.74) is 2.25. The summed E-state index contributed by atoms with van der Waals surface area (Å²) in [7, 11) is 1.49. The second-order valence-electron chi connectivity index (χ2n) is 5.78. The molecule has 6 nitrogen and oxygen atoms in total. The van der Waals surface area contributed by atoms with Gasteiger partial charge in [0.2, 0.25) is 0 Å². The Morgan fingerprint density at radius 3 is 2.76 bits per heavy atom. The number of carboxylic acids is 1. The lowest BCUT2D eigenvalue weighted by molar-refractivity contribution is -0.136. The largest absolute Gasteiger partial charge is 0.499 e. The summed E-state index contributed by atoms with van der Waals surface area (Å²) in [5.74, 6) is -0.794. The Bertz CT molecular complexity index is 851. The molecule has 3 rings (SSSR count). The molecule has 2 N–H and O–H groups in total. The number of rotatable bonds is 4. The molecule has 1 aliphatic carbocycles. The van der Waals surface area contributed by atoms with E-state index in [4.69, 9.17) is 16.3 Å². The number of fused-ring (bicyclic) bond motifs is 1. The molecular weight excluding hydrogens is 366 g/mol. The van der Waals surface area contributed by atoms with Gasteiger partial charge in [0, 0.05) is 23.6 Å². The van der Waals surface area contributed by atoms with E-state index in [1.54, 1.807) is 23.3 Å². The highest BCUT2D eigenvalue weighted by molar-refractivity contribution is 7.12. The Labute approximate surface area is 153 Å². The maximum Gasteiger partial charge on any atom is 0.307 e. The van der Waals surface area contributed by atoms with Crippen molar-refractivity contribution in [3.05, 3.63) is 50.7 Å². The first-order valence-corrected chi connectivity index (χ1v) is 8.76. The zero-order valence-corrected chi connectivity index (χ0v) is 15.1. The normalized spacial score (nSPS) is 19.9. The fraction of sp³-hybridized carbons (Fsp3) is 0.294. The van der Waals surface area contributed by atoms with Crippen LogP contribution in [-0.4, -0.2) is 40.1 Å². The number of nitrogens with zero attached hydrogens (tertiary/aromatic N) is 1. The van der Waals surface area contributed by atoms with Crippen LogP contribution in [-0.2, 0) is 9.53 Å². The second kappa shape index (κ2) is 6.57. The van der Waals surface area contributed by atoms with E-state index in [9.17, 15) is 19.8 Å². The number of carbonyl (C=O) groups is 2. The van der Waals surface area contributed by atoms with Crippen LogP contribution in [0.4, 0.5) is 0 Å². The van der Waals surface area contributed by atoms with Crippen LogP contribution in [0.15, 0.2) is 45.2 Å². The van der Waals surface area contributed by atoms with Gasteiger partial charge in [-0.15, -0.1) is 11.3 Å². The average molecular weight is 382 g/mol. The number of hydrogen-bond acceptors (Lipinski definition) is 5. The maximum absolute atomic E-state index is 12.9. The van der Waals surface area contributed by atoms with Crippen molar-refractivity contribution < 1.29 is 24.5 Å². The van der Waals surface area contributed by atoms with E-state index in [1.165, 1.54) is 13.2 Å². The van der Waals surface area contributed by atoms with Crippen LogP contribution >= 0.6 is 22.9 Å². The lowest BCUT2D eigenvalue weighted by Crippen LogP contribution is -2.37. The molecule has 1 amide bonds. The molecule has 0 saturated heterocycles. The molecule has 0 bridgehead atoms. The molecule has 1 unspecified atom stereocenters. The minimum atomic E-state index is -0.976. The van der Waals surface area contributed by atoms with Crippen molar-refractivity contribution in [2.24, 2.45) is 0 Å². The number of amides is 1. The van der Waals surface area contributed by atoms with Crippen molar-refractivity contribution in [3.8, 4) is 5.06 Å². The molecule has 0 aromatic carbocycles. The van der Waals surface area contributed by atoms with E-state index in [0.717, 1.165) is 16.9 Å². The van der Waals surface area contributed by atoms with Gasteiger partial charge in [-0.2, -0.15) is 0 Å². The molecule has 1 atom stereocenters. The van der Waals surface area contributed by atoms with Gasteiger partial charge in [0.15, 0.2) is 5.06 Å². The van der Waals surface area contributed by atoms with Gasteiger partial charge in [0.05, 0.1) is 30.2 Å². The molecular formula is C17H16ClNO5S. The summed E-state index contributed by atoms with van der Waals surface area (Å²) in [6.07, 6.45) is 1.86. The van der Waals surface area contributed by atoms with Gasteiger partial charge in [-0.05, 0) is 24.1 Å². The summed E-state index contributed by atoms with van der Waals surface area (Å²) in [5, 5.41) is 20.9. The van der Waals surface area contributed by atoms with E-state index < -0.39 is 5.97 Å². The zero-order chi connectivity index (χ0) is 18.3. The Hall–Kier alpha value is -2.25. The summed E-state index contributed by atoms with van der Waals surface area (Å²) in [6.45, 7) is 1.72. The SMILES string of the molecule is COC1=C(Cl)CC2C(=C1)C(CC(=O)O)=C(C)N2C(=O)c1csc(O)c1.